The quantitative estimate of drug-likeness (QED) is 0.657. The average Bonchev–Trinajstić information content (AvgIpc) is 2.54. The summed E-state index contributed by atoms with van der Waals surface area (Å²) in [6.07, 6.45) is 3.53. The number of rotatable bonds is 5. The van der Waals surface area contributed by atoms with Gasteiger partial charge in [0.25, 0.3) is 0 Å². The SMILES string of the molecule is C=C(C)C(=O)OCCC.C=CC(=O)O.C=Cc1ccccc1. The van der Waals surface area contributed by atoms with Crippen molar-refractivity contribution in [2.45, 2.75) is 20.3 Å². The number of hydrogen-bond donors (Lipinski definition) is 1. The van der Waals surface area contributed by atoms with E-state index < -0.39 is 5.97 Å². The second kappa shape index (κ2) is 14.8. The van der Waals surface area contributed by atoms with Crippen LogP contribution in [0.1, 0.15) is 25.8 Å². The number of benzene rings is 1. The lowest BCUT2D eigenvalue weighted by Gasteiger charge is -1.99. The van der Waals surface area contributed by atoms with Gasteiger partial charge in [0, 0.05) is 11.6 Å². The molecule has 0 fully saturated rings. The van der Waals surface area contributed by atoms with Crippen molar-refractivity contribution in [3.63, 3.8) is 0 Å². The first kappa shape index (κ1) is 21.7. The molecule has 0 saturated heterocycles. The molecule has 0 saturated carbocycles. The molecular formula is C18H24O4. The Morgan fingerprint density at radius 1 is 1.23 bits per heavy atom. The summed E-state index contributed by atoms with van der Waals surface area (Å²) in [6, 6.07) is 10.0. The van der Waals surface area contributed by atoms with E-state index in [9.17, 15) is 9.59 Å². The van der Waals surface area contributed by atoms with E-state index in [0.717, 1.165) is 12.5 Å². The molecular weight excluding hydrogens is 280 g/mol. The molecule has 120 valence electrons. The van der Waals surface area contributed by atoms with Crippen LogP contribution in [-0.2, 0) is 14.3 Å². The summed E-state index contributed by atoms with van der Waals surface area (Å²) >= 11 is 0. The summed E-state index contributed by atoms with van der Waals surface area (Å²) < 4.78 is 4.71. The number of carbonyl (C=O) groups is 2. The minimum Gasteiger partial charge on any atom is -0.478 e. The van der Waals surface area contributed by atoms with Crippen molar-refractivity contribution in [3.8, 4) is 0 Å². The summed E-state index contributed by atoms with van der Waals surface area (Å²) in [4.78, 5) is 19.8. The first-order chi connectivity index (χ1) is 10.4. The van der Waals surface area contributed by atoms with Crippen LogP contribution in [0.2, 0.25) is 0 Å². The van der Waals surface area contributed by atoms with Crippen LogP contribution in [0.15, 0.2) is 61.7 Å². The topological polar surface area (TPSA) is 63.6 Å². The molecule has 4 nitrogen and oxygen atoms in total. The molecule has 1 aromatic rings. The van der Waals surface area contributed by atoms with Crippen LogP contribution >= 0.6 is 0 Å². The predicted octanol–water partition coefficient (Wildman–Crippen LogP) is 4.10. The van der Waals surface area contributed by atoms with Crippen molar-refractivity contribution in [2.75, 3.05) is 6.61 Å². The minimum absolute atomic E-state index is 0.295. The average molecular weight is 304 g/mol. The van der Waals surface area contributed by atoms with Crippen LogP contribution in [-0.4, -0.2) is 23.7 Å². The van der Waals surface area contributed by atoms with Gasteiger partial charge in [-0.05, 0) is 18.9 Å². The molecule has 0 heterocycles. The summed E-state index contributed by atoms with van der Waals surface area (Å²) in [6.45, 7) is 14.1. The monoisotopic (exact) mass is 304 g/mol. The smallest absolute Gasteiger partial charge is 0.333 e. The number of aliphatic carboxylic acids is 1. The lowest BCUT2D eigenvalue weighted by Crippen LogP contribution is -2.04. The molecule has 1 N–H and O–H groups in total. The van der Waals surface area contributed by atoms with Crippen molar-refractivity contribution in [1.29, 1.82) is 0 Å². The number of esters is 1. The second-order valence-electron chi connectivity index (χ2n) is 4.07. The molecule has 0 amide bonds. The van der Waals surface area contributed by atoms with E-state index in [-0.39, 0.29) is 5.97 Å². The van der Waals surface area contributed by atoms with Gasteiger partial charge in [0.2, 0.25) is 0 Å². The number of hydrogen-bond acceptors (Lipinski definition) is 3. The Kier molecular flexibility index (Phi) is 14.6. The first-order valence-corrected chi connectivity index (χ1v) is 6.74. The molecule has 0 spiro atoms. The van der Waals surface area contributed by atoms with Crippen molar-refractivity contribution < 1.29 is 19.4 Å². The molecule has 0 bridgehead atoms. The second-order valence-corrected chi connectivity index (χ2v) is 4.07. The van der Waals surface area contributed by atoms with Crippen LogP contribution in [0.3, 0.4) is 0 Å². The molecule has 1 rings (SSSR count). The lowest BCUT2D eigenvalue weighted by atomic mass is 10.2. The van der Waals surface area contributed by atoms with Gasteiger partial charge in [-0.3, -0.25) is 0 Å². The first-order valence-electron chi connectivity index (χ1n) is 6.74. The Hall–Kier alpha value is -2.62. The maximum absolute atomic E-state index is 10.6. The largest absolute Gasteiger partial charge is 0.478 e. The van der Waals surface area contributed by atoms with Crippen molar-refractivity contribution >= 4 is 18.0 Å². The highest BCUT2D eigenvalue weighted by Crippen LogP contribution is 1.97. The van der Waals surface area contributed by atoms with Gasteiger partial charge in [-0.2, -0.15) is 0 Å². The normalized spacial score (nSPS) is 8.09. The van der Waals surface area contributed by atoms with Crippen molar-refractivity contribution in [1.82, 2.24) is 0 Å². The van der Waals surface area contributed by atoms with Crippen LogP contribution < -0.4 is 0 Å². The zero-order valence-electron chi connectivity index (χ0n) is 13.2. The van der Waals surface area contributed by atoms with E-state index in [1.54, 1.807) is 6.92 Å². The zero-order chi connectivity index (χ0) is 17.4. The van der Waals surface area contributed by atoms with E-state index >= 15 is 0 Å². The van der Waals surface area contributed by atoms with Gasteiger partial charge < -0.3 is 9.84 Å². The summed E-state index contributed by atoms with van der Waals surface area (Å²) in [5, 5.41) is 7.60. The Morgan fingerprint density at radius 2 is 1.73 bits per heavy atom. The van der Waals surface area contributed by atoms with Gasteiger partial charge in [-0.15, -0.1) is 0 Å². The number of carboxylic acid groups (broad SMARTS) is 1. The fourth-order valence-corrected chi connectivity index (χ4v) is 0.907. The Labute approximate surface area is 132 Å². The molecule has 0 aliphatic carbocycles. The van der Waals surface area contributed by atoms with E-state index in [2.05, 4.69) is 19.7 Å². The van der Waals surface area contributed by atoms with Crippen LogP contribution in [0.4, 0.5) is 0 Å². The standard InChI is InChI=1S/C8H8.C7H12O2.C3H4O2/c1-2-8-6-4-3-5-7-8;1-4-5-9-7(8)6(2)3;1-2-3(4)5/h2-7H,1H2;2,4-5H2,1,3H3;2H,1H2,(H,4,5). The molecule has 4 heteroatoms. The van der Waals surface area contributed by atoms with Crippen LogP contribution in [0.5, 0.6) is 0 Å². The molecule has 1 aromatic carbocycles. The summed E-state index contributed by atoms with van der Waals surface area (Å²) in [7, 11) is 0. The fraction of sp³-hybridized carbons (Fsp3) is 0.222. The van der Waals surface area contributed by atoms with Crippen molar-refractivity contribution in [2.24, 2.45) is 0 Å². The molecule has 22 heavy (non-hydrogen) atoms. The third-order valence-electron chi connectivity index (χ3n) is 2.00. The minimum atomic E-state index is -0.981. The number of ether oxygens (including phenoxy) is 1. The van der Waals surface area contributed by atoms with E-state index in [1.807, 2.05) is 43.3 Å². The van der Waals surface area contributed by atoms with Gasteiger partial charge in [0.05, 0.1) is 6.61 Å². The Morgan fingerprint density at radius 3 is 2.00 bits per heavy atom. The van der Waals surface area contributed by atoms with Crippen LogP contribution in [0, 0.1) is 0 Å². The lowest BCUT2D eigenvalue weighted by molar-refractivity contribution is -0.139. The Balaban J connectivity index is 0. The molecule has 0 radical (unpaired) electrons. The molecule has 0 aromatic heterocycles. The van der Waals surface area contributed by atoms with Gasteiger partial charge in [-0.1, -0.05) is 63.1 Å². The zero-order valence-corrected chi connectivity index (χ0v) is 13.2. The highest BCUT2D eigenvalue weighted by Gasteiger charge is 1.99. The highest BCUT2D eigenvalue weighted by atomic mass is 16.5. The predicted molar refractivity (Wildman–Crippen MR) is 90.4 cm³/mol. The maximum atomic E-state index is 10.6. The Bertz CT molecular complexity index is 475. The van der Waals surface area contributed by atoms with Gasteiger partial charge >= 0.3 is 11.9 Å². The third-order valence-corrected chi connectivity index (χ3v) is 2.00. The van der Waals surface area contributed by atoms with Gasteiger partial charge in [0.1, 0.15) is 0 Å². The number of carbonyl (C=O) groups excluding carboxylic acids is 1. The van der Waals surface area contributed by atoms with E-state index in [1.165, 1.54) is 5.56 Å². The van der Waals surface area contributed by atoms with Gasteiger partial charge in [0.15, 0.2) is 0 Å². The van der Waals surface area contributed by atoms with Gasteiger partial charge in [-0.25, -0.2) is 9.59 Å². The number of carboxylic acids is 1. The molecule has 0 atom stereocenters. The summed E-state index contributed by atoms with van der Waals surface area (Å²) in [5.41, 5.74) is 1.64. The van der Waals surface area contributed by atoms with Crippen LogP contribution in [0.25, 0.3) is 6.08 Å². The van der Waals surface area contributed by atoms with E-state index in [4.69, 9.17) is 9.84 Å². The molecule has 0 aliphatic heterocycles. The fourth-order valence-electron chi connectivity index (χ4n) is 0.907. The molecule has 0 aliphatic rings. The third kappa shape index (κ3) is 15.4. The molecule has 0 unspecified atom stereocenters. The maximum Gasteiger partial charge on any atom is 0.333 e. The van der Waals surface area contributed by atoms with E-state index in [0.29, 0.717) is 12.2 Å². The summed E-state index contributed by atoms with van der Waals surface area (Å²) in [5.74, 6) is -1.28. The highest BCUT2D eigenvalue weighted by molar-refractivity contribution is 5.86. The van der Waals surface area contributed by atoms with Crippen molar-refractivity contribution in [3.05, 3.63) is 67.3 Å².